The van der Waals surface area contributed by atoms with Gasteiger partial charge in [-0.2, -0.15) is 0 Å². The molecular weight excluding hydrogens is 368 g/mol. The summed E-state index contributed by atoms with van der Waals surface area (Å²) in [5.74, 6) is -1.25. The minimum atomic E-state index is -1.03. The normalized spacial score (nSPS) is 11.8. The molecule has 2 N–H and O–H groups in total. The van der Waals surface area contributed by atoms with E-state index in [1.54, 1.807) is 42.5 Å². The van der Waals surface area contributed by atoms with E-state index in [-0.39, 0.29) is 12.2 Å². The zero-order valence-electron chi connectivity index (χ0n) is 14.5. The van der Waals surface area contributed by atoms with Crippen molar-refractivity contribution >= 4 is 34.2 Å². The minimum absolute atomic E-state index is 0.00976. The number of rotatable bonds is 5. The average molecular weight is 385 g/mol. The molecule has 0 bridgehead atoms. The first-order chi connectivity index (χ1) is 13.0. The Kier molecular flexibility index (Phi) is 5.57. The fraction of sp³-hybridized carbons (Fsp3) is 0.150. The van der Waals surface area contributed by atoms with Gasteiger partial charge in [0, 0.05) is 17.0 Å². The Bertz CT molecular complexity index is 1060. The van der Waals surface area contributed by atoms with Gasteiger partial charge in [-0.1, -0.05) is 48.0 Å². The lowest BCUT2D eigenvalue weighted by molar-refractivity contribution is -0.129. The second-order valence-corrected chi connectivity index (χ2v) is 6.36. The molecule has 1 heterocycles. The third kappa shape index (κ3) is 4.35. The number of nitrogens with one attached hydrogen (secondary N) is 2. The van der Waals surface area contributed by atoms with E-state index in [2.05, 4.69) is 10.3 Å². The van der Waals surface area contributed by atoms with E-state index in [0.29, 0.717) is 15.8 Å². The number of H-pyrrole nitrogens is 1. The van der Waals surface area contributed by atoms with Crippen LogP contribution in [0.5, 0.6) is 0 Å². The van der Waals surface area contributed by atoms with Crippen molar-refractivity contribution < 1.29 is 14.3 Å². The highest BCUT2D eigenvalue weighted by Gasteiger charge is 2.20. The number of hydrogen-bond acceptors (Lipinski definition) is 4. The molecule has 0 spiro atoms. The van der Waals surface area contributed by atoms with Gasteiger partial charge < -0.3 is 15.0 Å². The fourth-order valence-electron chi connectivity index (χ4n) is 2.57. The Hall–Kier alpha value is -3.12. The molecule has 0 aliphatic heterocycles. The summed E-state index contributed by atoms with van der Waals surface area (Å²) < 4.78 is 5.17. The molecule has 3 aromatic rings. The van der Waals surface area contributed by atoms with E-state index in [4.69, 9.17) is 16.3 Å². The number of amides is 1. The van der Waals surface area contributed by atoms with Gasteiger partial charge in [0.05, 0.1) is 0 Å². The summed E-state index contributed by atoms with van der Waals surface area (Å²) in [5, 5.41) is 4.29. The quantitative estimate of drug-likeness (QED) is 0.662. The van der Waals surface area contributed by atoms with Crippen LogP contribution in [-0.2, 0) is 16.1 Å². The lowest BCUT2D eigenvalue weighted by Crippen LogP contribution is -2.35. The number of carbonyl (C=O) groups excluding carboxylic acids is 2. The molecule has 2 aromatic carbocycles. The second-order valence-electron chi connectivity index (χ2n) is 5.96. The highest BCUT2D eigenvalue weighted by atomic mass is 35.5. The predicted octanol–water partition coefficient (Wildman–Crippen LogP) is 3.04. The standard InChI is InChI=1S/C20H17ClN2O4/c1-12(18(24)22-11-14-7-3-5-9-16(14)21)27-20(26)17-10-13-6-2-4-8-15(13)19(25)23-17/h2-10,12H,11H2,1H3,(H,22,24)(H,23,25)/t12-/m0/s1. The van der Waals surface area contributed by atoms with Gasteiger partial charge in [-0.25, -0.2) is 4.79 Å². The summed E-state index contributed by atoms with van der Waals surface area (Å²) in [6, 6.07) is 15.5. The molecule has 1 atom stereocenters. The Labute approximate surface area is 160 Å². The maximum Gasteiger partial charge on any atom is 0.355 e. The van der Waals surface area contributed by atoms with Gasteiger partial charge in [0.15, 0.2) is 6.10 Å². The van der Waals surface area contributed by atoms with E-state index in [9.17, 15) is 14.4 Å². The smallest absolute Gasteiger partial charge is 0.355 e. The van der Waals surface area contributed by atoms with Crippen LogP contribution in [0, 0.1) is 0 Å². The summed E-state index contributed by atoms with van der Waals surface area (Å²) in [5.41, 5.74) is 0.352. The van der Waals surface area contributed by atoms with Crippen molar-refractivity contribution in [2.75, 3.05) is 0 Å². The number of benzene rings is 2. The van der Waals surface area contributed by atoms with Crippen molar-refractivity contribution in [1.82, 2.24) is 10.3 Å². The predicted molar refractivity (Wildman–Crippen MR) is 103 cm³/mol. The van der Waals surface area contributed by atoms with Gasteiger partial charge in [-0.05, 0) is 36.1 Å². The highest BCUT2D eigenvalue weighted by molar-refractivity contribution is 6.31. The number of fused-ring (bicyclic) bond motifs is 1. The maximum atomic E-state index is 12.3. The monoisotopic (exact) mass is 384 g/mol. The molecule has 3 rings (SSSR count). The van der Waals surface area contributed by atoms with Crippen LogP contribution in [-0.4, -0.2) is 23.0 Å². The van der Waals surface area contributed by atoms with E-state index < -0.39 is 23.5 Å². The van der Waals surface area contributed by atoms with Gasteiger partial charge in [0.25, 0.3) is 11.5 Å². The third-order valence-electron chi connectivity index (χ3n) is 4.04. The van der Waals surface area contributed by atoms with E-state index >= 15 is 0 Å². The van der Waals surface area contributed by atoms with Gasteiger partial charge in [0.1, 0.15) is 5.69 Å². The van der Waals surface area contributed by atoms with Crippen molar-refractivity contribution in [3.63, 3.8) is 0 Å². The number of aromatic nitrogens is 1. The Morgan fingerprint density at radius 2 is 1.85 bits per heavy atom. The topological polar surface area (TPSA) is 88.3 Å². The molecule has 0 saturated heterocycles. The molecule has 0 radical (unpaired) electrons. The molecule has 6 nitrogen and oxygen atoms in total. The van der Waals surface area contributed by atoms with Crippen molar-refractivity contribution in [2.45, 2.75) is 19.6 Å². The first-order valence-corrected chi connectivity index (χ1v) is 8.67. The third-order valence-corrected chi connectivity index (χ3v) is 4.41. The Morgan fingerprint density at radius 1 is 1.15 bits per heavy atom. The van der Waals surface area contributed by atoms with Crippen molar-refractivity contribution in [3.05, 3.63) is 81.2 Å². The Morgan fingerprint density at radius 3 is 2.63 bits per heavy atom. The van der Waals surface area contributed by atoms with Crippen molar-refractivity contribution in [3.8, 4) is 0 Å². The molecule has 1 amide bonds. The molecule has 1 aromatic heterocycles. The summed E-state index contributed by atoms with van der Waals surface area (Å²) in [6.07, 6.45) is -1.03. The van der Waals surface area contributed by atoms with Gasteiger partial charge in [-0.3, -0.25) is 9.59 Å². The molecule has 0 aliphatic carbocycles. The van der Waals surface area contributed by atoms with E-state index in [1.165, 1.54) is 13.0 Å². The minimum Gasteiger partial charge on any atom is -0.448 e. The Balaban J connectivity index is 1.65. The van der Waals surface area contributed by atoms with Crippen LogP contribution < -0.4 is 10.9 Å². The van der Waals surface area contributed by atoms with E-state index in [0.717, 1.165) is 5.56 Å². The van der Waals surface area contributed by atoms with Crippen molar-refractivity contribution in [2.24, 2.45) is 0 Å². The molecule has 0 fully saturated rings. The molecule has 27 heavy (non-hydrogen) atoms. The number of aromatic amines is 1. The fourth-order valence-corrected chi connectivity index (χ4v) is 2.77. The number of pyridine rings is 1. The first-order valence-electron chi connectivity index (χ1n) is 8.30. The zero-order valence-corrected chi connectivity index (χ0v) is 15.2. The number of carbonyl (C=O) groups is 2. The van der Waals surface area contributed by atoms with Gasteiger partial charge in [-0.15, -0.1) is 0 Å². The molecule has 138 valence electrons. The van der Waals surface area contributed by atoms with E-state index in [1.807, 2.05) is 6.07 Å². The summed E-state index contributed by atoms with van der Waals surface area (Å²) in [4.78, 5) is 39.0. The van der Waals surface area contributed by atoms with Crippen molar-refractivity contribution in [1.29, 1.82) is 0 Å². The van der Waals surface area contributed by atoms with Crippen LogP contribution in [0.2, 0.25) is 5.02 Å². The van der Waals surface area contributed by atoms with Crippen LogP contribution in [0.3, 0.4) is 0 Å². The van der Waals surface area contributed by atoms with Crippen LogP contribution in [0.1, 0.15) is 23.0 Å². The summed E-state index contributed by atoms with van der Waals surface area (Å²) in [7, 11) is 0. The lowest BCUT2D eigenvalue weighted by atomic mass is 10.1. The molecule has 0 unspecified atom stereocenters. The average Bonchev–Trinajstić information content (AvgIpc) is 2.67. The lowest BCUT2D eigenvalue weighted by Gasteiger charge is -2.14. The second kappa shape index (κ2) is 8.05. The number of halogens is 1. The first kappa shape index (κ1) is 18.7. The van der Waals surface area contributed by atoms with Crippen LogP contribution in [0.25, 0.3) is 10.8 Å². The molecule has 7 heteroatoms. The largest absolute Gasteiger partial charge is 0.448 e. The zero-order chi connectivity index (χ0) is 19.4. The highest BCUT2D eigenvalue weighted by Crippen LogP contribution is 2.14. The molecule has 0 saturated carbocycles. The van der Waals surface area contributed by atoms with Crippen LogP contribution in [0.4, 0.5) is 0 Å². The SMILES string of the molecule is C[C@H](OC(=O)c1cc2ccccc2c(=O)[nH]1)C(=O)NCc1ccccc1Cl. The van der Waals surface area contributed by atoms with Gasteiger partial charge >= 0.3 is 5.97 Å². The number of esters is 1. The molecule has 0 aliphatic rings. The molecular formula is C20H17ClN2O4. The van der Waals surface area contributed by atoms with Crippen LogP contribution in [0.15, 0.2) is 59.4 Å². The van der Waals surface area contributed by atoms with Crippen LogP contribution >= 0.6 is 11.6 Å². The number of hydrogen-bond donors (Lipinski definition) is 2. The van der Waals surface area contributed by atoms with Gasteiger partial charge in [0.2, 0.25) is 0 Å². The maximum absolute atomic E-state index is 12.3. The summed E-state index contributed by atoms with van der Waals surface area (Å²) in [6.45, 7) is 1.67. The number of ether oxygens (including phenoxy) is 1. The summed E-state index contributed by atoms with van der Waals surface area (Å²) >= 11 is 6.04.